The van der Waals surface area contributed by atoms with Crippen LogP contribution in [0.3, 0.4) is 0 Å². The molecule has 0 aromatic carbocycles. The van der Waals surface area contributed by atoms with E-state index in [1.165, 1.54) is 0 Å². The predicted octanol–water partition coefficient (Wildman–Crippen LogP) is 1.99. The first-order valence-corrected chi connectivity index (χ1v) is 4.56. The number of ether oxygens (including phenoxy) is 1. The molecule has 1 N–H and O–H groups in total. The molecule has 0 amide bonds. The molecule has 0 aliphatic heterocycles. The van der Waals surface area contributed by atoms with Crippen LogP contribution < -0.4 is 0 Å². The molecule has 0 bridgehead atoms. The molecule has 1 unspecified atom stereocenters. The number of rotatable bonds is 6. The smallest absolute Gasteiger partial charge is 0.344 e. The number of carbonyl (C=O) groups is 1. The van der Waals surface area contributed by atoms with Crippen molar-refractivity contribution in [1.82, 2.24) is 0 Å². The molecule has 4 heteroatoms. The van der Waals surface area contributed by atoms with Gasteiger partial charge >= 0.3 is 5.97 Å². The van der Waals surface area contributed by atoms with Crippen molar-refractivity contribution < 1.29 is 19.7 Å². The highest BCUT2D eigenvalue weighted by Crippen LogP contribution is 2.22. The Hall–Kier alpha value is -0.610. The summed E-state index contributed by atoms with van der Waals surface area (Å²) >= 11 is 0. The first kappa shape index (κ1) is 12.4. The molecule has 13 heavy (non-hydrogen) atoms. The second-order valence-corrected chi connectivity index (χ2v) is 3.27. The van der Waals surface area contributed by atoms with E-state index in [1.54, 1.807) is 0 Å². The van der Waals surface area contributed by atoms with Gasteiger partial charge in [0.2, 0.25) is 0 Å². The summed E-state index contributed by atoms with van der Waals surface area (Å²) in [4.78, 5) is 14.4. The van der Waals surface area contributed by atoms with Crippen LogP contribution in [-0.2, 0) is 14.4 Å². The van der Waals surface area contributed by atoms with Gasteiger partial charge in [0.1, 0.15) is 0 Å². The van der Waals surface area contributed by atoms with E-state index in [1.807, 2.05) is 20.8 Å². The minimum Gasteiger partial charge on any atom is -0.375 e. The molecule has 0 radical (unpaired) electrons. The Morgan fingerprint density at radius 2 is 2.08 bits per heavy atom. The van der Waals surface area contributed by atoms with Gasteiger partial charge in [-0.05, 0) is 20.3 Å². The molecular formula is C9H18O4. The third kappa shape index (κ3) is 4.85. The Morgan fingerprint density at radius 3 is 2.46 bits per heavy atom. The Bertz CT molecular complexity index is 150. The maximum atomic E-state index is 10.8. The molecular weight excluding hydrogens is 172 g/mol. The molecule has 0 spiro atoms. The minimum absolute atomic E-state index is 0.0885. The van der Waals surface area contributed by atoms with Gasteiger partial charge in [-0.3, -0.25) is 0 Å². The molecule has 0 aliphatic rings. The van der Waals surface area contributed by atoms with E-state index in [0.717, 1.165) is 12.8 Å². The zero-order valence-corrected chi connectivity index (χ0v) is 8.50. The van der Waals surface area contributed by atoms with Gasteiger partial charge in [0.15, 0.2) is 0 Å². The van der Waals surface area contributed by atoms with Crippen molar-refractivity contribution in [2.75, 3.05) is 6.61 Å². The molecule has 78 valence electrons. The zero-order chi connectivity index (χ0) is 10.3. The van der Waals surface area contributed by atoms with Crippen LogP contribution in [-0.4, -0.2) is 23.4 Å². The number of carbonyl (C=O) groups excluding carboxylic acids is 1. The van der Waals surface area contributed by atoms with Crippen molar-refractivity contribution in [3.05, 3.63) is 0 Å². The molecule has 0 saturated carbocycles. The summed E-state index contributed by atoms with van der Waals surface area (Å²) in [6.07, 6.45) is 1.79. The van der Waals surface area contributed by atoms with Crippen LogP contribution in [0.2, 0.25) is 0 Å². The Balaban J connectivity index is 4.13. The lowest BCUT2D eigenvalue weighted by atomic mass is 9.96. The fourth-order valence-corrected chi connectivity index (χ4v) is 1.43. The summed E-state index contributed by atoms with van der Waals surface area (Å²) in [5.41, 5.74) is -0.511. The van der Waals surface area contributed by atoms with Crippen molar-refractivity contribution in [1.29, 1.82) is 0 Å². The standard InChI is InChI=1S/C9H18O4/c1-4-6-9(3,12-5-2)7-8(10)13-11/h11H,4-7H2,1-3H3. The SMILES string of the molecule is CCCC(C)(CC(=O)OO)OCC. The average molecular weight is 190 g/mol. The highest BCUT2D eigenvalue weighted by Gasteiger charge is 2.28. The second kappa shape index (κ2) is 5.94. The molecule has 0 fully saturated rings. The lowest BCUT2D eigenvalue weighted by Crippen LogP contribution is -2.32. The van der Waals surface area contributed by atoms with Crippen LogP contribution in [0.25, 0.3) is 0 Å². The topological polar surface area (TPSA) is 55.8 Å². The fourth-order valence-electron chi connectivity index (χ4n) is 1.43. The van der Waals surface area contributed by atoms with Gasteiger partial charge in [-0.2, -0.15) is 5.26 Å². The molecule has 0 rings (SSSR count). The molecule has 0 heterocycles. The summed E-state index contributed by atoms with van der Waals surface area (Å²) in [6, 6.07) is 0. The number of hydrogen-bond acceptors (Lipinski definition) is 4. The van der Waals surface area contributed by atoms with Crippen molar-refractivity contribution in [2.45, 2.75) is 45.6 Å². The van der Waals surface area contributed by atoms with E-state index in [4.69, 9.17) is 9.99 Å². The molecule has 0 aliphatic carbocycles. The van der Waals surface area contributed by atoms with Gasteiger partial charge in [-0.1, -0.05) is 13.3 Å². The van der Waals surface area contributed by atoms with Crippen molar-refractivity contribution in [2.24, 2.45) is 0 Å². The van der Waals surface area contributed by atoms with Gasteiger partial charge in [-0.25, -0.2) is 4.79 Å². The molecule has 0 aromatic heterocycles. The first-order chi connectivity index (χ1) is 6.08. The van der Waals surface area contributed by atoms with E-state index in [2.05, 4.69) is 4.89 Å². The van der Waals surface area contributed by atoms with E-state index in [0.29, 0.717) is 6.61 Å². The number of hydrogen-bond donors (Lipinski definition) is 1. The van der Waals surface area contributed by atoms with E-state index < -0.39 is 11.6 Å². The van der Waals surface area contributed by atoms with Gasteiger partial charge in [-0.15, -0.1) is 0 Å². The van der Waals surface area contributed by atoms with Gasteiger partial charge < -0.3 is 9.62 Å². The lowest BCUT2D eigenvalue weighted by Gasteiger charge is -2.27. The Kier molecular flexibility index (Phi) is 5.66. The van der Waals surface area contributed by atoms with Crippen LogP contribution in [0.15, 0.2) is 0 Å². The first-order valence-electron chi connectivity index (χ1n) is 4.56. The minimum atomic E-state index is -0.649. The van der Waals surface area contributed by atoms with Crippen molar-refractivity contribution >= 4 is 5.97 Å². The molecule has 4 nitrogen and oxygen atoms in total. The summed E-state index contributed by atoms with van der Waals surface area (Å²) in [7, 11) is 0. The van der Waals surface area contributed by atoms with Crippen LogP contribution in [0.1, 0.15) is 40.0 Å². The van der Waals surface area contributed by atoms with Gasteiger partial charge in [0, 0.05) is 6.61 Å². The van der Waals surface area contributed by atoms with Crippen LogP contribution in [0.4, 0.5) is 0 Å². The lowest BCUT2D eigenvalue weighted by molar-refractivity contribution is -0.238. The van der Waals surface area contributed by atoms with Gasteiger partial charge in [0.25, 0.3) is 0 Å². The van der Waals surface area contributed by atoms with E-state index in [-0.39, 0.29) is 6.42 Å². The normalized spacial score (nSPS) is 15.1. The fraction of sp³-hybridized carbons (Fsp3) is 0.889. The highest BCUT2D eigenvalue weighted by molar-refractivity contribution is 5.69. The molecule has 0 saturated heterocycles. The average Bonchev–Trinajstić information content (AvgIpc) is 2.04. The quantitative estimate of drug-likeness (QED) is 0.514. The second-order valence-electron chi connectivity index (χ2n) is 3.27. The molecule has 0 aromatic rings. The van der Waals surface area contributed by atoms with Gasteiger partial charge in [0.05, 0.1) is 12.0 Å². The van der Waals surface area contributed by atoms with E-state index >= 15 is 0 Å². The summed E-state index contributed by atoms with van der Waals surface area (Å²) in [5.74, 6) is -0.649. The molecule has 1 atom stereocenters. The summed E-state index contributed by atoms with van der Waals surface area (Å²) in [6.45, 7) is 6.28. The third-order valence-electron chi connectivity index (χ3n) is 1.89. The summed E-state index contributed by atoms with van der Waals surface area (Å²) in [5, 5.41) is 8.13. The highest BCUT2D eigenvalue weighted by atomic mass is 17.1. The van der Waals surface area contributed by atoms with Crippen LogP contribution in [0.5, 0.6) is 0 Å². The maximum absolute atomic E-state index is 10.8. The monoisotopic (exact) mass is 190 g/mol. The van der Waals surface area contributed by atoms with Crippen LogP contribution in [0, 0.1) is 0 Å². The van der Waals surface area contributed by atoms with E-state index in [9.17, 15) is 4.79 Å². The Morgan fingerprint density at radius 1 is 1.46 bits per heavy atom. The van der Waals surface area contributed by atoms with Crippen molar-refractivity contribution in [3.63, 3.8) is 0 Å². The largest absolute Gasteiger partial charge is 0.375 e. The summed E-state index contributed by atoms with van der Waals surface area (Å²) < 4.78 is 5.43. The third-order valence-corrected chi connectivity index (χ3v) is 1.89. The van der Waals surface area contributed by atoms with Crippen LogP contribution >= 0.6 is 0 Å². The maximum Gasteiger partial charge on any atom is 0.344 e. The predicted molar refractivity (Wildman–Crippen MR) is 48.3 cm³/mol. The Labute approximate surface area is 78.8 Å². The zero-order valence-electron chi connectivity index (χ0n) is 8.50. The van der Waals surface area contributed by atoms with Crippen molar-refractivity contribution in [3.8, 4) is 0 Å².